The summed E-state index contributed by atoms with van der Waals surface area (Å²) in [6.07, 6.45) is 1.71. The first kappa shape index (κ1) is 13.6. The van der Waals surface area contributed by atoms with Crippen molar-refractivity contribution in [1.82, 2.24) is 9.97 Å². The summed E-state index contributed by atoms with van der Waals surface area (Å²) in [5, 5.41) is 3.37. The summed E-state index contributed by atoms with van der Waals surface area (Å²) < 4.78 is 13.2. The molecule has 1 heterocycles. The fourth-order valence-corrected chi connectivity index (χ4v) is 2.19. The van der Waals surface area contributed by atoms with Gasteiger partial charge in [0.15, 0.2) is 0 Å². The van der Waals surface area contributed by atoms with Gasteiger partial charge in [0.25, 0.3) is 0 Å². The Balaban J connectivity index is 1.72. The SMILES string of the molecule is Fc1ccc(-c2cnc(CNc3ccccc3)[nH]2)cc1Cl. The van der Waals surface area contributed by atoms with Crippen molar-refractivity contribution in [3.63, 3.8) is 0 Å². The minimum atomic E-state index is -0.425. The van der Waals surface area contributed by atoms with Crippen molar-refractivity contribution >= 4 is 17.3 Å². The number of nitrogens with zero attached hydrogens (tertiary/aromatic N) is 1. The van der Waals surface area contributed by atoms with E-state index in [1.165, 1.54) is 6.07 Å². The molecule has 0 bridgehead atoms. The van der Waals surface area contributed by atoms with Crippen LogP contribution in [0.5, 0.6) is 0 Å². The van der Waals surface area contributed by atoms with Gasteiger partial charge in [0, 0.05) is 11.3 Å². The molecular formula is C16H13ClFN3. The van der Waals surface area contributed by atoms with Crippen LogP contribution in [-0.2, 0) is 6.54 Å². The molecule has 0 unspecified atom stereocenters. The van der Waals surface area contributed by atoms with Crippen LogP contribution in [0.2, 0.25) is 5.02 Å². The Morgan fingerprint density at radius 2 is 1.95 bits per heavy atom. The topological polar surface area (TPSA) is 40.7 Å². The number of para-hydroxylation sites is 1. The standard InChI is InChI=1S/C16H13ClFN3/c17-13-8-11(6-7-14(13)18)15-9-20-16(21-15)10-19-12-4-2-1-3-5-12/h1-9,19H,10H2,(H,20,21). The molecule has 0 saturated carbocycles. The molecule has 106 valence electrons. The molecule has 3 aromatic rings. The quantitative estimate of drug-likeness (QED) is 0.746. The number of benzene rings is 2. The summed E-state index contributed by atoms with van der Waals surface area (Å²) in [6, 6.07) is 14.5. The van der Waals surface area contributed by atoms with E-state index in [-0.39, 0.29) is 5.02 Å². The molecule has 0 saturated heterocycles. The third kappa shape index (κ3) is 3.23. The van der Waals surface area contributed by atoms with Crippen LogP contribution in [0.3, 0.4) is 0 Å². The number of nitrogens with one attached hydrogen (secondary N) is 2. The molecule has 0 aliphatic rings. The van der Waals surface area contributed by atoms with Gasteiger partial charge in [0.1, 0.15) is 11.6 Å². The number of hydrogen-bond acceptors (Lipinski definition) is 2. The molecular weight excluding hydrogens is 289 g/mol. The molecule has 3 nitrogen and oxygen atoms in total. The zero-order valence-corrected chi connectivity index (χ0v) is 11.9. The van der Waals surface area contributed by atoms with Crippen LogP contribution in [0.1, 0.15) is 5.82 Å². The third-order valence-electron chi connectivity index (χ3n) is 3.09. The Labute approximate surface area is 126 Å². The van der Waals surface area contributed by atoms with Gasteiger partial charge in [0.05, 0.1) is 23.5 Å². The lowest BCUT2D eigenvalue weighted by molar-refractivity contribution is 0.628. The molecule has 2 aromatic carbocycles. The van der Waals surface area contributed by atoms with Crippen molar-refractivity contribution in [3.05, 3.63) is 71.4 Å². The molecule has 2 N–H and O–H groups in total. The van der Waals surface area contributed by atoms with Gasteiger partial charge in [-0.25, -0.2) is 9.37 Å². The Morgan fingerprint density at radius 3 is 2.71 bits per heavy atom. The predicted molar refractivity (Wildman–Crippen MR) is 82.8 cm³/mol. The van der Waals surface area contributed by atoms with Gasteiger partial charge in [-0.1, -0.05) is 29.8 Å². The van der Waals surface area contributed by atoms with Crippen LogP contribution >= 0.6 is 11.6 Å². The maximum Gasteiger partial charge on any atom is 0.141 e. The van der Waals surface area contributed by atoms with Crippen molar-refractivity contribution < 1.29 is 4.39 Å². The first-order valence-corrected chi connectivity index (χ1v) is 6.88. The maximum absolute atomic E-state index is 13.2. The second kappa shape index (κ2) is 5.97. The van der Waals surface area contributed by atoms with Crippen molar-refractivity contribution in [2.24, 2.45) is 0 Å². The first-order valence-electron chi connectivity index (χ1n) is 6.50. The summed E-state index contributed by atoms with van der Waals surface area (Å²) in [7, 11) is 0. The van der Waals surface area contributed by atoms with Gasteiger partial charge in [-0.15, -0.1) is 0 Å². The number of anilines is 1. The van der Waals surface area contributed by atoms with Crippen LogP contribution < -0.4 is 5.32 Å². The molecule has 5 heteroatoms. The van der Waals surface area contributed by atoms with E-state index in [9.17, 15) is 4.39 Å². The predicted octanol–water partition coefficient (Wildman–Crippen LogP) is 4.48. The van der Waals surface area contributed by atoms with Gasteiger partial charge in [0.2, 0.25) is 0 Å². The Kier molecular flexibility index (Phi) is 3.88. The number of hydrogen-bond donors (Lipinski definition) is 2. The van der Waals surface area contributed by atoms with E-state index in [1.54, 1.807) is 18.3 Å². The van der Waals surface area contributed by atoms with Crippen LogP contribution in [0.15, 0.2) is 54.7 Å². The van der Waals surface area contributed by atoms with Gasteiger partial charge in [-0.2, -0.15) is 0 Å². The second-order valence-corrected chi connectivity index (χ2v) is 5.00. The van der Waals surface area contributed by atoms with Crippen LogP contribution in [-0.4, -0.2) is 9.97 Å². The van der Waals surface area contributed by atoms with Gasteiger partial charge >= 0.3 is 0 Å². The number of H-pyrrole nitrogens is 1. The number of aromatic nitrogens is 2. The molecule has 0 fully saturated rings. The highest BCUT2D eigenvalue weighted by Crippen LogP contribution is 2.23. The Bertz CT molecular complexity index is 740. The monoisotopic (exact) mass is 301 g/mol. The summed E-state index contributed by atoms with van der Waals surface area (Å²) in [5.74, 6) is 0.375. The van der Waals surface area contributed by atoms with E-state index < -0.39 is 5.82 Å². The fourth-order valence-electron chi connectivity index (χ4n) is 2.00. The Morgan fingerprint density at radius 1 is 1.14 bits per heavy atom. The second-order valence-electron chi connectivity index (χ2n) is 4.59. The lowest BCUT2D eigenvalue weighted by Gasteiger charge is -2.03. The number of halogens is 2. The molecule has 0 radical (unpaired) electrons. The summed E-state index contributed by atoms with van der Waals surface area (Å²) in [5.41, 5.74) is 2.64. The average Bonchev–Trinajstić information content (AvgIpc) is 2.98. The highest BCUT2D eigenvalue weighted by atomic mass is 35.5. The maximum atomic E-state index is 13.2. The van der Waals surface area contributed by atoms with Crippen molar-refractivity contribution in [3.8, 4) is 11.3 Å². The highest BCUT2D eigenvalue weighted by molar-refractivity contribution is 6.31. The average molecular weight is 302 g/mol. The lowest BCUT2D eigenvalue weighted by Crippen LogP contribution is -2.00. The van der Waals surface area contributed by atoms with Crippen LogP contribution in [0.25, 0.3) is 11.3 Å². The minimum absolute atomic E-state index is 0.103. The summed E-state index contributed by atoms with van der Waals surface area (Å²) in [4.78, 5) is 7.50. The van der Waals surface area contributed by atoms with Crippen molar-refractivity contribution in [2.75, 3.05) is 5.32 Å². The molecule has 0 spiro atoms. The van der Waals surface area contributed by atoms with Gasteiger partial charge in [-0.3, -0.25) is 0 Å². The molecule has 0 amide bonds. The van der Waals surface area contributed by atoms with E-state index >= 15 is 0 Å². The smallest absolute Gasteiger partial charge is 0.141 e. The molecule has 0 aliphatic heterocycles. The largest absolute Gasteiger partial charge is 0.378 e. The van der Waals surface area contributed by atoms with Gasteiger partial charge in [-0.05, 0) is 30.3 Å². The molecule has 1 aromatic heterocycles. The van der Waals surface area contributed by atoms with E-state index in [2.05, 4.69) is 15.3 Å². The molecule has 3 rings (SSSR count). The van der Waals surface area contributed by atoms with E-state index in [1.807, 2.05) is 30.3 Å². The van der Waals surface area contributed by atoms with Gasteiger partial charge < -0.3 is 10.3 Å². The molecule has 21 heavy (non-hydrogen) atoms. The van der Waals surface area contributed by atoms with Crippen LogP contribution in [0.4, 0.5) is 10.1 Å². The van der Waals surface area contributed by atoms with Crippen LogP contribution in [0, 0.1) is 5.82 Å². The third-order valence-corrected chi connectivity index (χ3v) is 3.38. The van der Waals surface area contributed by atoms with Crippen molar-refractivity contribution in [2.45, 2.75) is 6.54 Å². The zero-order valence-electron chi connectivity index (χ0n) is 11.1. The Hall–Kier alpha value is -2.33. The van der Waals surface area contributed by atoms with E-state index in [0.29, 0.717) is 6.54 Å². The zero-order chi connectivity index (χ0) is 14.7. The van der Waals surface area contributed by atoms with E-state index in [0.717, 1.165) is 22.8 Å². The number of aromatic amines is 1. The number of rotatable bonds is 4. The van der Waals surface area contributed by atoms with E-state index in [4.69, 9.17) is 11.6 Å². The normalized spacial score (nSPS) is 10.6. The summed E-state index contributed by atoms with van der Waals surface area (Å²) in [6.45, 7) is 0.582. The lowest BCUT2D eigenvalue weighted by atomic mass is 10.2. The molecule has 0 atom stereocenters. The minimum Gasteiger partial charge on any atom is -0.378 e. The molecule has 0 aliphatic carbocycles. The fraction of sp³-hybridized carbons (Fsp3) is 0.0625. The summed E-state index contributed by atoms with van der Waals surface area (Å²) >= 11 is 5.79. The highest BCUT2D eigenvalue weighted by Gasteiger charge is 2.06. The first-order chi connectivity index (χ1) is 10.2. The number of imidazole rings is 1. The van der Waals surface area contributed by atoms with Crippen molar-refractivity contribution in [1.29, 1.82) is 0 Å².